The van der Waals surface area contributed by atoms with Crippen molar-refractivity contribution in [2.45, 2.75) is 20.4 Å². The van der Waals surface area contributed by atoms with Crippen LogP contribution in [0.25, 0.3) is 10.9 Å². The van der Waals surface area contributed by atoms with E-state index in [2.05, 4.69) is 0 Å². The molecule has 1 aromatic heterocycles. The van der Waals surface area contributed by atoms with E-state index in [0.29, 0.717) is 29.0 Å². The Morgan fingerprint density at radius 1 is 1.39 bits per heavy atom. The number of ketones is 1. The molecule has 0 saturated carbocycles. The summed E-state index contributed by atoms with van der Waals surface area (Å²) in [6, 6.07) is 3.55. The number of aromatic nitrogens is 1. The molecule has 0 saturated heterocycles. The first-order valence-electron chi connectivity index (χ1n) is 5.79. The second-order valence-corrected chi connectivity index (χ2v) is 4.22. The summed E-state index contributed by atoms with van der Waals surface area (Å²) in [6.45, 7) is 4.12. The lowest BCUT2D eigenvalue weighted by atomic mass is 10.1. The van der Waals surface area contributed by atoms with Crippen LogP contribution in [0.5, 0.6) is 17.4 Å². The van der Waals surface area contributed by atoms with E-state index in [9.17, 15) is 9.90 Å². The van der Waals surface area contributed by atoms with Crippen molar-refractivity contribution in [2.24, 2.45) is 0 Å². The van der Waals surface area contributed by atoms with E-state index in [1.807, 2.05) is 6.92 Å². The summed E-state index contributed by atoms with van der Waals surface area (Å²) in [5.41, 5.74) is 1.12. The lowest BCUT2D eigenvalue weighted by Crippen LogP contribution is -1.95. The third-order valence-electron chi connectivity index (χ3n) is 3.20. The van der Waals surface area contributed by atoms with Gasteiger partial charge in [0.05, 0.1) is 11.1 Å². The molecule has 1 aromatic carbocycles. The molecule has 1 aliphatic rings. The van der Waals surface area contributed by atoms with Gasteiger partial charge < -0.3 is 19.1 Å². The van der Waals surface area contributed by atoms with Crippen LogP contribution in [-0.2, 0) is 6.54 Å². The minimum absolute atomic E-state index is 0.00340. The van der Waals surface area contributed by atoms with Crippen molar-refractivity contribution in [2.75, 3.05) is 6.79 Å². The number of aromatic hydroxyl groups is 1. The van der Waals surface area contributed by atoms with Crippen LogP contribution in [0, 0.1) is 0 Å². The standard InChI is InChI=1S/C13H13NO4/c1-3-14-9-5-11-10(17-6-18-11)4-8(9)12(7(2)15)13(14)16/h4-5,16H,3,6H2,1-2H3. The fourth-order valence-corrected chi connectivity index (χ4v) is 2.39. The lowest BCUT2D eigenvalue weighted by Gasteiger charge is -2.02. The Kier molecular flexibility index (Phi) is 2.23. The Bertz CT molecular complexity index is 657. The van der Waals surface area contributed by atoms with E-state index in [1.54, 1.807) is 16.7 Å². The predicted octanol–water partition coefficient (Wildman–Crippen LogP) is 2.30. The largest absolute Gasteiger partial charge is 0.494 e. The molecular weight excluding hydrogens is 234 g/mol. The molecule has 5 nitrogen and oxygen atoms in total. The van der Waals surface area contributed by atoms with Gasteiger partial charge in [0, 0.05) is 18.0 Å². The minimum Gasteiger partial charge on any atom is -0.494 e. The van der Waals surface area contributed by atoms with Crippen LogP contribution in [0.2, 0.25) is 0 Å². The molecule has 0 aliphatic carbocycles. The van der Waals surface area contributed by atoms with Crippen LogP contribution in [0.1, 0.15) is 24.2 Å². The van der Waals surface area contributed by atoms with Gasteiger partial charge in [0.2, 0.25) is 12.7 Å². The van der Waals surface area contributed by atoms with Crippen molar-refractivity contribution in [1.29, 1.82) is 0 Å². The van der Waals surface area contributed by atoms with Gasteiger partial charge in [0.25, 0.3) is 0 Å². The number of carbonyl (C=O) groups is 1. The third kappa shape index (κ3) is 1.30. The number of aryl methyl sites for hydroxylation is 1. The number of hydrogen-bond acceptors (Lipinski definition) is 4. The molecule has 0 atom stereocenters. The summed E-state index contributed by atoms with van der Waals surface area (Å²) >= 11 is 0. The summed E-state index contributed by atoms with van der Waals surface area (Å²) in [5, 5.41) is 10.8. The Morgan fingerprint density at radius 3 is 2.67 bits per heavy atom. The van der Waals surface area contributed by atoms with E-state index in [4.69, 9.17) is 9.47 Å². The van der Waals surface area contributed by atoms with Crippen molar-refractivity contribution in [1.82, 2.24) is 4.57 Å². The highest BCUT2D eigenvalue weighted by atomic mass is 16.7. The van der Waals surface area contributed by atoms with Crippen LogP contribution >= 0.6 is 0 Å². The topological polar surface area (TPSA) is 60.7 Å². The van der Waals surface area contributed by atoms with E-state index in [-0.39, 0.29) is 18.5 Å². The van der Waals surface area contributed by atoms with Crippen LogP contribution in [0.15, 0.2) is 12.1 Å². The number of rotatable bonds is 2. The molecule has 0 fully saturated rings. The predicted molar refractivity (Wildman–Crippen MR) is 65.4 cm³/mol. The first-order valence-corrected chi connectivity index (χ1v) is 5.79. The number of benzene rings is 1. The summed E-state index contributed by atoms with van der Waals surface area (Å²) in [4.78, 5) is 11.7. The number of fused-ring (bicyclic) bond motifs is 2. The fraction of sp³-hybridized carbons (Fsp3) is 0.308. The quantitative estimate of drug-likeness (QED) is 0.827. The maximum absolute atomic E-state index is 11.7. The van der Waals surface area contributed by atoms with Gasteiger partial charge in [-0.15, -0.1) is 0 Å². The Balaban J connectivity index is 2.41. The second kappa shape index (κ2) is 3.66. The molecule has 0 spiro atoms. The number of Topliss-reactive ketones (excluding diaryl/α,β-unsaturated/α-hetero) is 1. The smallest absolute Gasteiger partial charge is 0.231 e. The van der Waals surface area contributed by atoms with Gasteiger partial charge in [-0.25, -0.2) is 0 Å². The van der Waals surface area contributed by atoms with E-state index in [1.165, 1.54) is 6.92 Å². The summed E-state index contributed by atoms with van der Waals surface area (Å²) in [6.07, 6.45) is 0. The molecule has 2 heterocycles. The molecule has 0 amide bonds. The van der Waals surface area contributed by atoms with Gasteiger partial charge in [-0.1, -0.05) is 0 Å². The van der Waals surface area contributed by atoms with Gasteiger partial charge >= 0.3 is 0 Å². The average Bonchev–Trinajstić information content (AvgIpc) is 2.86. The lowest BCUT2D eigenvalue weighted by molar-refractivity contribution is 0.101. The maximum Gasteiger partial charge on any atom is 0.231 e. The van der Waals surface area contributed by atoms with Crippen molar-refractivity contribution in [3.05, 3.63) is 17.7 Å². The third-order valence-corrected chi connectivity index (χ3v) is 3.20. The van der Waals surface area contributed by atoms with E-state index >= 15 is 0 Å². The van der Waals surface area contributed by atoms with Gasteiger partial charge in [-0.2, -0.15) is 0 Å². The SMILES string of the molecule is CCn1c(O)c(C(C)=O)c2cc3c(cc21)OCO3. The molecule has 94 valence electrons. The van der Waals surface area contributed by atoms with E-state index < -0.39 is 0 Å². The van der Waals surface area contributed by atoms with Crippen molar-refractivity contribution in [3.63, 3.8) is 0 Å². The minimum atomic E-state index is -0.163. The van der Waals surface area contributed by atoms with Crippen LogP contribution in [0.3, 0.4) is 0 Å². The monoisotopic (exact) mass is 247 g/mol. The first-order chi connectivity index (χ1) is 8.63. The maximum atomic E-state index is 11.7. The number of hydrogen-bond donors (Lipinski definition) is 1. The fourth-order valence-electron chi connectivity index (χ4n) is 2.39. The van der Waals surface area contributed by atoms with Gasteiger partial charge in [-0.05, 0) is 19.9 Å². The molecule has 0 unspecified atom stereocenters. The molecule has 2 aromatic rings. The van der Waals surface area contributed by atoms with Crippen LogP contribution in [-0.4, -0.2) is 22.2 Å². The zero-order valence-electron chi connectivity index (χ0n) is 10.2. The van der Waals surface area contributed by atoms with Crippen molar-refractivity contribution in [3.8, 4) is 17.4 Å². The molecule has 1 aliphatic heterocycles. The summed E-state index contributed by atoms with van der Waals surface area (Å²) in [7, 11) is 0. The van der Waals surface area contributed by atoms with Gasteiger partial charge in [0.1, 0.15) is 0 Å². The van der Waals surface area contributed by atoms with Crippen molar-refractivity contribution >= 4 is 16.7 Å². The Morgan fingerprint density at radius 2 is 2.06 bits per heavy atom. The first kappa shape index (κ1) is 11.0. The highest BCUT2D eigenvalue weighted by Crippen LogP contribution is 2.41. The zero-order valence-corrected chi connectivity index (χ0v) is 10.2. The molecule has 0 bridgehead atoms. The normalized spacial score (nSPS) is 13.2. The summed E-state index contributed by atoms with van der Waals surface area (Å²) < 4.78 is 12.3. The molecular formula is C13H13NO4. The van der Waals surface area contributed by atoms with Crippen LogP contribution < -0.4 is 9.47 Å². The number of ether oxygens (including phenoxy) is 2. The van der Waals surface area contributed by atoms with Crippen LogP contribution in [0.4, 0.5) is 0 Å². The van der Waals surface area contributed by atoms with Crippen molar-refractivity contribution < 1.29 is 19.4 Å². The zero-order chi connectivity index (χ0) is 12.9. The molecule has 3 rings (SSSR count). The Hall–Kier alpha value is -2.17. The number of carbonyl (C=O) groups excluding carboxylic acids is 1. The second-order valence-electron chi connectivity index (χ2n) is 4.22. The molecule has 1 N–H and O–H groups in total. The van der Waals surface area contributed by atoms with Gasteiger partial charge in [-0.3, -0.25) is 4.79 Å². The number of nitrogens with zero attached hydrogens (tertiary/aromatic N) is 1. The highest BCUT2D eigenvalue weighted by molar-refractivity contribution is 6.10. The molecule has 0 radical (unpaired) electrons. The van der Waals surface area contributed by atoms with Gasteiger partial charge in [0.15, 0.2) is 17.3 Å². The Labute approximate surface area is 104 Å². The average molecular weight is 247 g/mol. The molecule has 5 heteroatoms. The van der Waals surface area contributed by atoms with E-state index in [0.717, 1.165) is 5.52 Å². The summed E-state index contributed by atoms with van der Waals surface area (Å²) in [5.74, 6) is 1.09. The molecule has 18 heavy (non-hydrogen) atoms. The highest BCUT2D eigenvalue weighted by Gasteiger charge is 2.23.